The van der Waals surface area contributed by atoms with Crippen LogP contribution in [-0.2, 0) is 28.5 Å². The smallest absolute Gasteiger partial charge is 0.361 e. The summed E-state index contributed by atoms with van der Waals surface area (Å²) in [5.41, 5.74) is 0.578. The summed E-state index contributed by atoms with van der Waals surface area (Å²) in [6, 6.07) is 3.73. The van der Waals surface area contributed by atoms with Gasteiger partial charge in [0.25, 0.3) is 0 Å². The van der Waals surface area contributed by atoms with E-state index in [4.69, 9.17) is 23.7 Å². The summed E-state index contributed by atoms with van der Waals surface area (Å²) in [6.07, 6.45) is -2.30. The van der Waals surface area contributed by atoms with Crippen LogP contribution in [0, 0.1) is 0 Å². The number of rotatable bonds is 6. The maximum absolute atomic E-state index is 12.5. The Bertz CT molecular complexity index is 927. The summed E-state index contributed by atoms with van der Waals surface area (Å²) in [7, 11) is 0. The maximum Gasteiger partial charge on any atom is 0.361 e. The van der Waals surface area contributed by atoms with Crippen molar-refractivity contribution in [2.75, 3.05) is 13.2 Å². The number of aromatic nitrogens is 3. The lowest BCUT2D eigenvalue weighted by Gasteiger charge is -2.24. The minimum Gasteiger partial charge on any atom is -0.463 e. The predicted octanol–water partition coefficient (Wildman–Crippen LogP) is 2.16. The second kappa shape index (κ2) is 8.06. The van der Waals surface area contributed by atoms with Crippen LogP contribution in [0.4, 0.5) is 0 Å². The Morgan fingerprint density at radius 1 is 1.27 bits per heavy atom. The van der Waals surface area contributed by atoms with E-state index in [9.17, 15) is 9.59 Å². The van der Waals surface area contributed by atoms with Crippen LogP contribution >= 0.6 is 11.3 Å². The molecule has 2 fully saturated rings. The van der Waals surface area contributed by atoms with Crippen molar-refractivity contribution in [1.29, 1.82) is 0 Å². The van der Waals surface area contributed by atoms with Gasteiger partial charge in [-0.25, -0.2) is 9.48 Å². The largest absolute Gasteiger partial charge is 0.463 e. The molecule has 2 aromatic rings. The molecule has 30 heavy (non-hydrogen) atoms. The summed E-state index contributed by atoms with van der Waals surface area (Å²) in [6.45, 7) is 6.89. The number of nitrogens with zero attached hydrogens (tertiary/aromatic N) is 3. The molecule has 2 aromatic heterocycles. The highest BCUT2D eigenvalue weighted by atomic mass is 32.1. The van der Waals surface area contributed by atoms with Gasteiger partial charge in [0.05, 0.1) is 11.5 Å². The van der Waals surface area contributed by atoms with Crippen LogP contribution in [0.2, 0.25) is 0 Å². The van der Waals surface area contributed by atoms with Gasteiger partial charge in [-0.2, -0.15) is 0 Å². The third-order valence-electron chi connectivity index (χ3n) is 4.74. The molecule has 0 N–H and O–H groups in total. The highest BCUT2D eigenvalue weighted by Gasteiger charge is 2.57. The average molecular weight is 437 g/mol. The second-order valence-electron chi connectivity index (χ2n) is 7.36. The maximum atomic E-state index is 12.5. The molecule has 4 rings (SSSR count). The molecule has 0 spiro atoms. The zero-order chi connectivity index (χ0) is 21.5. The SMILES string of the molecule is CCOC(=O)c1nnn(C2OC(COC(C)=O)C3OC(C)(C)OC32)c1-c1cccs1. The van der Waals surface area contributed by atoms with Gasteiger partial charge in [0.2, 0.25) is 0 Å². The molecule has 4 heterocycles. The molecule has 11 heteroatoms. The van der Waals surface area contributed by atoms with Crippen LogP contribution in [0.25, 0.3) is 10.6 Å². The molecule has 4 atom stereocenters. The highest BCUT2D eigenvalue weighted by Crippen LogP contribution is 2.44. The summed E-state index contributed by atoms with van der Waals surface area (Å²) in [4.78, 5) is 24.5. The molecule has 2 aliphatic heterocycles. The van der Waals surface area contributed by atoms with Crippen molar-refractivity contribution >= 4 is 23.3 Å². The van der Waals surface area contributed by atoms with Crippen LogP contribution in [0.5, 0.6) is 0 Å². The molecule has 2 aliphatic rings. The van der Waals surface area contributed by atoms with E-state index in [1.165, 1.54) is 22.9 Å². The summed E-state index contributed by atoms with van der Waals surface area (Å²) in [5.74, 6) is -1.83. The topological polar surface area (TPSA) is 111 Å². The summed E-state index contributed by atoms with van der Waals surface area (Å²) >= 11 is 1.44. The van der Waals surface area contributed by atoms with E-state index >= 15 is 0 Å². The minimum absolute atomic E-state index is 0.0141. The van der Waals surface area contributed by atoms with Crippen molar-refractivity contribution in [3.8, 4) is 10.6 Å². The zero-order valence-corrected chi connectivity index (χ0v) is 17.9. The average Bonchev–Trinajstić information content (AvgIpc) is 3.42. The van der Waals surface area contributed by atoms with E-state index in [1.54, 1.807) is 20.8 Å². The number of carbonyl (C=O) groups excluding carboxylic acids is 2. The summed E-state index contributed by atoms with van der Waals surface area (Å²) < 4.78 is 30.0. The molecular formula is C19H23N3O7S. The number of hydrogen-bond acceptors (Lipinski definition) is 10. The fraction of sp³-hybridized carbons (Fsp3) is 0.579. The van der Waals surface area contributed by atoms with Crippen molar-refractivity contribution in [2.24, 2.45) is 0 Å². The molecular weight excluding hydrogens is 414 g/mol. The van der Waals surface area contributed by atoms with E-state index < -0.39 is 42.3 Å². The van der Waals surface area contributed by atoms with Crippen molar-refractivity contribution in [1.82, 2.24) is 15.0 Å². The van der Waals surface area contributed by atoms with E-state index in [0.717, 1.165) is 4.88 Å². The first-order valence-electron chi connectivity index (χ1n) is 9.61. The van der Waals surface area contributed by atoms with E-state index in [-0.39, 0.29) is 18.9 Å². The van der Waals surface area contributed by atoms with E-state index in [1.807, 2.05) is 17.5 Å². The Morgan fingerprint density at radius 3 is 2.70 bits per heavy atom. The third kappa shape index (κ3) is 3.85. The molecule has 4 unspecified atom stereocenters. The van der Waals surface area contributed by atoms with Gasteiger partial charge in [-0.15, -0.1) is 16.4 Å². The minimum atomic E-state index is -0.848. The van der Waals surface area contributed by atoms with E-state index in [2.05, 4.69) is 10.3 Å². The van der Waals surface area contributed by atoms with Gasteiger partial charge >= 0.3 is 11.9 Å². The van der Waals surface area contributed by atoms with Gasteiger partial charge in [-0.3, -0.25) is 4.79 Å². The molecule has 0 aromatic carbocycles. The van der Waals surface area contributed by atoms with Crippen LogP contribution in [0.15, 0.2) is 17.5 Å². The van der Waals surface area contributed by atoms with Crippen molar-refractivity contribution < 1.29 is 33.3 Å². The van der Waals surface area contributed by atoms with Crippen molar-refractivity contribution in [2.45, 2.75) is 58.0 Å². The fourth-order valence-corrected chi connectivity index (χ4v) is 4.40. The zero-order valence-electron chi connectivity index (χ0n) is 17.1. The molecule has 10 nitrogen and oxygen atoms in total. The van der Waals surface area contributed by atoms with Gasteiger partial charge in [0.15, 0.2) is 17.7 Å². The molecule has 2 saturated heterocycles. The quantitative estimate of drug-likeness (QED) is 0.628. The molecule has 0 bridgehead atoms. The van der Waals surface area contributed by atoms with Gasteiger partial charge in [-0.1, -0.05) is 11.3 Å². The predicted molar refractivity (Wildman–Crippen MR) is 104 cm³/mol. The molecule has 0 amide bonds. The number of hydrogen-bond donors (Lipinski definition) is 0. The Balaban J connectivity index is 1.72. The van der Waals surface area contributed by atoms with Crippen LogP contribution in [0.1, 0.15) is 44.4 Å². The van der Waals surface area contributed by atoms with Gasteiger partial charge in [-0.05, 0) is 32.2 Å². The normalized spacial score (nSPS) is 27.1. The molecule has 0 aliphatic carbocycles. The molecule has 162 valence electrons. The number of thiophene rings is 1. The van der Waals surface area contributed by atoms with Gasteiger partial charge in [0, 0.05) is 6.92 Å². The second-order valence-corrected chi connectivity index (χ2v) is 8.31. The number of fused-ring (bicyclic) bond motifs is 1. The Hall–Kier alpha value is -2.34. The van der Waals surface area contributed by atoms with Gasteiger partial charge < -0.3 is 23.7 Å². The fourth-order valence-electron chi connectivity index (χ4n) is 3.64. The highest BCUT2D eigenvalue weighted by molar-refractivity contribution is 7.13. The van der Waals surface area contributed by atoms with Crippen molar-refractivity contribution in [3.63, 3.8) is 0 Å². The first-order chi connectivity index (χ1) is 14.3. The molecule has 0 saturated carbocycles. The lowest BCUT2D eigenvalue weighted by atomic mass is 10.1. The lowest BCUT2D eigenvalue weighted by molar-refractivity contribution is -0.203. The first kappa shape index (κ1) is 20.9. The van der Waals surface area contributed by atoms with Crippen LogP contribution < -0.4 is 0 Å². The van der Waals surface area contributed by atoms with E-state index in [0.29, 0.717) is 5.69 Å². The number of carbonyl (C=O) groups is 2. The standard InChI is InChI=1S/C19H23N3O7S/c1-5-25-18(24)13-14(12-7-6-8-30-12)22(21-20-13)17-16-15(28-19(3,4)29-16)11(27-17)9-26-10(2)23/h6-8,11,15-17H,5,9H2,1-4H3. The Kier molecular flexibility index (Phi) is 5.62. The number of ether oxygens (including phenoxy) is 5. The summed E-state index contributed by atoms with van der Waals surface area (Å²) in [5, 5.41) is 10.2. The van der Waals surface area contributed by atoms with Gasteiger partial charge in [0.1, 0.15) is 30.6 Å². The Labute approximate surface area is 177 Å². The lowest BCUT2D eigenvalue weighted by Crippen LogP contribution is -2.33. The van der Waals surface area contributed by atoms with Crippen molar-refractivity contribution in [3.05, 3.63) is 23.2 Å². The molecule has 0 radical (unpaired) electrons. The van der Waals surface area contributed by atoms with Crippen LogP contribution in [0.3, 0.4) is 0 Å². The van der Waals surface area contributed by atoms with Crippen LogP contribution in [-0.4, -0.2) is 64.2 Å². The number of esters is 2. The third-order valence-corrected chi connectivity index (χ3v) is 5.61. The first-order valence-corrected chi connectivity index (χ1v) is 10.5. The monoisotopic (exact) mass is 437 g/mol. The Morgan fingerprint density at radius 2 is 2.03 bits per heavy atom.